The first-order valence-corrected chi connectivity index (χ1v) is 10.4. The van der Waals surface area contributed by atoms with Crippen LogP contribution in [0.2, 0.25) is 0 Å². The molecule has 4 heteroatoms. The molecule has 6 heavy (non-hydrogen) atoms. The van der Waals surface area contributed by atoms with Gasteiger partial charge >= 0.3 is 28.3 Å². The Hall–Kier alpha value is 1.11. The second kappa shape index (κ2) is 9.44. The van der Waals surface area contributed by atoms with Gasteiger partial charge in [0, 0.05) is 23.3 Å². The summed E-state index contributed by atoms with van der Waals surface area (Å²) in [6.45, 7) is 0. The summed E-state index contributed by atoms with van der Waals surface area (Å²) in [4.78, 5) is 0. The Kier molecular flexibility index (Phi) is 16.0. The molecule has 0 amide bonds. The van der Waals surface area contributed by atoms with Crippen molar-refractivity contribution in [3.63, 3.8) is 0 Å². The van der Waals surface area contributed by atoms with Crippen LogP contribution in [0.3, 0.4) is 0 Å². The van der Waals surface area contributed by atoms with Gasteiger partial charge < -0.3 is 0 Å². The van der Waals surface area contributed by atoms with Crippen molar-refractivity contribution in [2.75, 3.05) is 12.5 Å². The Balaban J connectivity index is 0. The molecular weight excluding hydrogens is 297 g/mol. The van der Waals surface area contributed by atoms with Crippen molar-refractivity contribution in [2.24, 2.45) is 0 Å². The predicted molar refractivity (Wildman–Crippen MR) is 29.9 cm³/mol. The molecule has 0 aliphatic heterocycles. The summed E-state index contributed by atoms with van der Waals surface area (Å²) in [5.74, 6) is 0. The third-order valence-electron chi connectivity index (χ3n) is 0. The first-order chi connectivity index (χ1) is 2.73. The molecule has 0 aromatic carbocycles. The van der Waals surface area contributed by atoms with E-state index in [1.54, 1.807) is 12.5 Å². The molecule has 0 saturated heterocycles. The van der Waals surface area contributed by atoms with Crippen LogP contribution in [0.15, 0.2) is 0 Å². The molecule has 0 aliphatic rings. The minimum atomic E-state index is -0.611. The molecule has 0 spiro atoms. The number of hydrogen-bond donors (Lipinski definition) is 0. The van der Waals surface area contributed by atoms with Gasteiger partial charge in [0.2, 0.25) is 0 Å². The molecule has 0 heterocycles. The maximum atomic E-state index is 9.56. The second-order valence-electron chi connectivity index (χ2n) is 0.742. The summed E-state index contributed by atoms with van der Waals surface area (Å²) < 4.78 is 9.56. The molecule has 0 aromatic rings. The van der Waals surface area contributed by atoms with E-state index in [9.17, 15) is 4.21 Å². The summed E-state index contributed by atoms with van der Waals surface area (Å²) in [6, 6.07) is 0. The van der Waals surface area contributed by atoms with Crippen molar-refractivity contribution in [3.05, 3.63) is 0 Å². The average Bonchev–Trinajstić information content (AvgIpc) is 1.41. The summed E-state index contributed by atoms with van der Waals surface area (Å²) in [5, 5.41) is 0. The quantitative estimate of drug-likeness (QED) is 0.514. The molecule has 0 aliphatic carbocycles. The van der Waals surface area contributed by atoms with Crippen LogP contribution in [-0.2, 0) is 31.1 Å². The van der Waals surface area contributed by atoms with Gasteiger partial charge in [0.05, 0.1) is 0 Å². The van der Waals surface area contributed by atoms with E-state index in [-0.39, 0.29) is 0 Å². The second-order valence-corrected chi connectivity index (χ2v) is 2.22. The molecule has 0 aromatic heterocycles. The molecule has 1 nitrogen and oxygen atoms in total. The zero-order valence-corrected chi connectivity index (χ0v) is 9.10. The van der Waals surface area contributed by atoms with E-state index in [1.807, 2.05) is 0 Å². The molecule has 0 unspecified atom stereocenters. The molecule has 0 bridgehead atoms. The standard InChI is InChI=1S/C2H6OS.Au.H3Si/c1-4(2)3;;/h1-2H3;;1H3. The summed E-state index contributed by atoms with van der Waals surface area (Å²) in [7, 11) is 0.639. The SMILES string of the molecule is CS(C)=O.[SiH3][Au]. The van der Waals surface area contributed by atoms with Crippen LogP contribution in [0.4, 0.5) is 0 Å². The number of hydrogen-bond acceptors (Lipinski definition) is 1. The maximum absolute atomic E-state index is 9.56. The van der Waals surface area contributed by atoms with Crippen molar-refractivity contribution in [1.82, 2.24) is 0 Å². The molecule has 0 atom stereocenters. The van der Waals surface area contributed by atoms with Gasteiger partial charge in [-0.2, -0.15) is 0 Å². The van der Waals surface area contributed by atoms with E-state index in [4.69, 9.17) is 0 Å². The van der Waals surface area contributed by atoms with Gasteiger partial charge in [-0.1, -0.05) is 0 Å². The average molecular weight is 306 g/mol. The van der Waals surface area contributed by atoms with Gasteiger partial charge in [-0.15, -0.1) is 0 Å². The Labute approximate surface area is 55.8 Å². The van der Waals surface area contributed by atoms with Crippen molar-refractivity contribution in [2.45, 2.75) is 0 Å². The van der Waals surface area contributed by atoms with Gasteiger partial charge in [-0.3, -0.25) is 4.21 Å². The molecule has 0 radical (unpaired) electrons. The van der Waals surface area contributed by atoms with Gasteiger partial charge in [-0.25, -0.2) is 0 Å². The van der Waals surface area contributed by atoms with Crippen molar-refractivity contribution in [1.29, 1.82) is 0 Å². The third-order valence-corrected chi connectivity index (χ3v) is 0. The van der Waals surface area contributed by atoms with Crippen LogP contribution < -0.4 is 0 Å². The van der Waals surface area contributed by atoms with Crippen LogP contribution >= 0.6 is 0 Å². The minimum absolute atomic E-state index is 0.611. The van der Waals surface area contributed by atoms with Crippen LogP contribution in [0.25, 0.3) is 0 Å². The first-order valence-electron chi connectivity index (χ1n) is 1.28. The van der Waals surface area contributed by atoms with E-state index in [0.29, 0.717) is 0 Å². The van der Waals surface area contributed by atoms with Crippen LogP contribution in [0.1, 0.15) is 0 Å². The topological polar surface area (TPSA) is 17.1 Å². The monoisotopic (exact) mass is 306 g/mol. The molecule has 0 saturated carbocycles. The zero-order valence-electron chi connectivity index (χ0n) is 4.12. The van der Waals surface area contributed by atoms with Crippen molar-refractivity contribution < 1.29 is 24.5 Å². The summed E-state index contributed by atoms with van der Waals surface area (Å²) >= 11 is 2.42. The molecule has 0 fully saturated rings. The van der Waals surface area contributed by atoms with Crippen LogP contribution in [-0.4, -0.2) is 24.7 Å². The molecule has 0 N–H and O–H groups in total. The Morgan fingerprint density at radius 1 is 1.50 bits per heavy atom. The molecule has 44 valence electrons. The third kappa shape index (κ3) is 70.3. The molecular formula is C2H9AuOSSi. The number of rotatable bonds is 0. The Morgan fingerprint density at radius 2 is 1.50 bits per heavy atom. The Bertz CT molecular complexity index is 36.5. The fraction of sp³-hybridized carbons (Fsp3) is 1.00. The van der Waals surface area contributed by atoms with Crippen LogP contribution in [0, 0.1) is 0 Å². The summed E-state index contributed by atoms with van der Waals surface area (Å²) in [6.07, 6.45) is 3.28. The predicted octanol–water partition coefficient (Wildman–Crippen LogP) is -1.19. The molecule has 0 rings (SSSR count). The van der Waals surface area contributed by atoms with Gasteiger partial charge in [0.25, 0.3) is 0 Å². The van der Waals surface area contributed by atoms with Gasteiger partial charge in [0.15, 0.2) is 0 Å². The zero-order chi connectivity index (χ0) is 5.58. The van der Waals surface area contributed by atoms with Crippen molar-refractivity contribution >= 4 is 18.8 Å². The van der Waals surface area contributed by atoms with E-state index in [0.717, 1.165) is 0 Å². The van der Waals surface area contributed by atoms with Gasteiger partial charge in [-0.05, 0) is 0 Å². The normalized spacial score (nSPS) is 7.50. The fourth-order valence-electron chi connectivity index (χ4n) is 0. The Morgan fingerprint density at radius 3 is 1.50 bits per heavy atom. The van der Waals surface area contributed by atoms with E-state index in [1.165, 1.54) is 8.00 Å². The van der Waals surface area contributed by atoms with E-state index in [2.05, 4.69) is 20.3 Å². The van der Waals surface area contributed by atoms with Crippen molar-refractivity contribution in [3.8, 4) is 0 Å². The fourth-order valence-corrected chi connectivity index (χ4v) is 0. The van der Waals surface area contributed by atoms with E-state index >= 15 is 0 Å². The first kappa shape index (κ1) is 10.2. The van der Waals surface area contributed by atoms with E-state index < -0.39 is 10.8 Å². The summed E-state index contributed by atoms with van der Waals surface area (Å²) in [5.41, 5.74) is 0. The van der Waals surface area contributed by atoms with Crippen LogP contribution in [0.5, 0.6) is 0 Å². The van der Waals surface area contributed by atoms with Gasteiger partial charge in [0.1, 0.15) is 0 Å².